The minimum Gasteiger partial charge on any atom is -0.496 e. The minimum atomic E-state index is -0.430. The number of carbonyl (C=O) groups excluding carboxylic acids is 3. The SMILES string of the molecule is CCOc1ccc(OCC)c(NC(=O)c2cc(CN3C(=O)c4ccccc4C3=O)ccc2OC)c1. The second-order valence-electron chi connectivity index (χ2n) is 7.75. The Morgan fingerprint density at radius 2 is 1.51 bits per heavy atom. The lowest BCUT2D eigenvalue weighted by Crippen LogP contribution is -2.29. The van der Waals surface area contributed by atoms with Gasteiger partial charge in [0.05, 0.1) is 49.2 Å². The fourth-order valence-electron chi connectivity index (χ4n) is 3.93. The topological polar surface area (TPSA) is 94.2 Å². The highest BCUT2D eigenvalue weighted by molar-refractivity contribution is 6.21. The first-order valence-corrected chi connectivity index (χ1v) is 11.3. The molecule has 3 aromatic rings. The van der Waals surface area contributed by atoms with Crippen LogP contribution in [0.3, 0.4) is 0 Å². The molecule has 0 fully saturated rings. The van der Waals surface area contributed by atoms with E-state index >= 15 is 0 Å². The Morgan fingerprint density at radius 3 is 2.14 bits per heavy atom. The normalized spacial score (nSPS) is 12.4. The van der Waals surface area contributed by atoms with Gasteiger partial charge in [0.2, 0.25) is 0 Å². The average molecular weight is 475 g/mol. The minimum absolute atomic E-state index is 0.0284. The first kappa shape index (κ1) is 23.8. The molecule has 1 heterocycles. The number of anilines is 1. The monoisotopic (exact) mass is 474 g/mol. The Bertz CT molecular complexity index is 1250. The van der Waals surface area contributed by atoms with Crippen LogP contribution in [-0.4, -0.2) is 42.9 Å². The van der Waals surface area contributed by atoms with Crippen LogP contribution in [0.4, 0.5) is 5.69 Å². The first-order chi connectivity index (χ1) is 17.0. The van der Waals surface area contributed by atoms with Gasteiger partial charge >= 0.3 is 0 Å². The number of methoxy groups -OCH3 is 1. The maximum Gasteiger partial charge on any atom is 0.261 e. The molecule has 3 aromatic carbocycles. The van der Waals surface area contributed by atoms with Crippen LogP contribution in [0.5, 0.6) is 17.2 Å². The standard InChI is InChI=1S/C27H26N2O6/c1-4-34-18-11-13-24(35-5-2)22(15-18)28-25(30)21-14-17(10-12-23(21)33-3)16-29-26(31)19-8-6-7-9-20(19)27(29)32/h6-15H,4-5,16H2,1-3H3,(H,28,30). The van der Waals surface area contributed by atoms with Crippen molar-refractivity contribution in [3.63, 3.8) is 0 Å². The van der Waals surface area contributed by atoms with Crippen LogP contribution in [0.2, 0.25) is 0 Å². The van der Waals surface area contributed by atoms with Crippen molar-refractivity contribution in [3.8, 4) is 17.2 Å². The van der Waals surface area contributed by atoms with Crippen molar-refractivity contribution >= 4 is 23.4 Å². The fourth-order valence-corrected chi connectivity index (χ4v) is 3.93. The van der Waals surface area contributed by atoms with Gasteiger partial charge in [-0.3, -0.25) is 19.3 Å². The highest BCUT2D eigenvalue weighted by atomic mass is 16.5. The molecule has 0 unspecified atom stereocenters. The number of fused-ring (bicyclic) bond motifs is 1. The summed E-state index contributed by atoms with van der Waals surface area (Å²) in [5.41, 5.74) is 2.07. The van der Waals surface area contributed by atoms with Gasteiger partial charge < -0.3 is 19.5 Å². The predicted molar refractivity (Wildman–Crippen MR) is 130 cm³/mol. The van der Waals surface area contributed by atoms with Crippen LogP contribution in [0.25, 0.3) is 0 Å². The van der Waals surface area contributed by atoms with E-state index in [2.05, 4.69) is 5.32 Å². The number of carbonyl (C=O) groups is 3. The third-order valence-corrected chi connectivity index (χ3v) is 5.54. The molecule has 3 amide bonds. The summed E-state index contributed by atoms with van der Waals surface area (Å²) in [7, 11) is 1.47. The second kappa shape index (κ2) is 10.3. The van der Waals surface area contributed by atoms with E-state index in [1.54, 1.807) is 60.7 Å². The van der Waals surface area contributed by atoms with Crippen LogP contribution in [0.1, 0.15) is 50.5 Å². The van der Waals surface area contributed by atoms with Crippen LogP contribution in [0.15, 0.2) is 60.7 Å². The molecule has 0 bridgehead atoms. The van der Waals surface area contributed by atoms with Crippen molar-refractivity contribution in [1.82, 2.24) is 4.90 Å². The molecule has 0 aromatic heterocycles. The number of ether oxygens (including phenoxy) is 3. The number of hydrogen-bond donors (Lipinski definition) is 1. The highest BCUT2D eigenvalue weighted by Crippen LogP contribution is 2.31. The van der Waals surface area contributed by atoms with Crippen molar-refractivity contribution in [2.45, 2.75) is 20.4 Å². The number of nitrogens with zero attached hydrogens (tertiary/aromatic N) is 1. The summed E-state index contributed by atoms with van der Waals surface area (Å²) in [5.74, 6) is 0.305. The zero-order valence-electron chi connectivity index (χ0n) is 19.8. The average Bonchev–Trinajstić information content (AvgIpc) is 3.10. The zero-order chi connectivity index (χ0) is 24.9. The summed E-state index contributed by atoms with van der Waals surface area (Å²) in [4.78, 5) is 40.0. The van der Waals surface area contributed by atoms with E-state index in [1.807, 2.05) is 13.8 Å². The van der Waals surface area contributed by atoms with Gasteiger partial charge in [-0.2, -0.15) is 0 Å². The molecule has 1 aliphatic heterocycles. The van der Waals surface area contributed by atoms with E-state index in [-0.39, 0.29) is 23.9 Å². The van der Waals surface area contributed by atoms with Gasteiger partial charge in [-0.05, 0) is 55.8 Å². The molecule has 0 saturated heterocycles. The summed E-state index contributed by atoms with van der Waals surface area (Å²) in [6.45, 7) is 4.67. The molecule has 8 heteroatoms. The molecular weight excluding hydrogens is 448 g/mol. The van der Waals surface area contributed by atoms with Gasteiger partial charge in [-0.15, -0.1) is 0 Å². The lowest BCUT2D eigenvalue weighted by atomic mass is 10.1. The smallest absolute Gasteiger partial charge is 0.261 e. The molecule has 0 aliphatic carbocycles. The Kier molecular flexibility index (Phi) is 7.01. The van der Waals surface area contributed by atoms with E-state index in [9.17, 15) is 14.4 Å². The molecule has 8 nitrogen and oxygen atoms in total. The Morgan fingerprint density at radius 1 is 0.857 bits per heavy atom. The van der Waals surface area contributed by atoms with E-state index in [0.717, 1.165) is 0 Å². The van der Waals surface area contributed by atoms with Gasteiger partial charge in [0.15, 0.2) is 0 Å². The lowest BCUT2D eigenvalue weighted by molar-refractivity contribution is 0.0642. The third kappa shape index (κ3) is 4.82. The number of nitrogens with one attached hydrogen (secondary N) is 1. The first-order valence-electron chi connectivity index (χ1n) is 11.3. The van der Waals surface area contributed by atoms with Gasteiger partial charge in [0.1, 0.15) is 17.2 Å². The van der Waals surface area contributed by atoms with E-state index in [0.29, 0.717) is 52.8 Å². The molecule has 180 valence electrons. The molecule has 4 rings (SSSR count). The largest absolute Gasteiger partial charge is 0.496 e. The molecule has 1 N–H and O–H groups in total. The van der Waals surface area contributed by atoms with Crippen molar-refractivity contribution in [2.24, 2.45) is 0 Å². The highest BCUT2D eigenvalue weighted by Gasteiger charge is 2.35. The molecule has 0 saturated carbocycles. The molecule has 0 radical (unpaired) electrons. The molecule has 35 heavy (non-hydrogen) atoms. The Hall–Kier alpha value is -4.33. The summed E-state index contributed by atoms with van der Waals surface area (Å²) < 4.78 is 16.6. The van der Waals surface area contributed by atoms with Crippen molar-refractivity contribution < 1.29 is 28.6 Å². The van der Waals surface area contributed by atoms with Crippen LogP contribution in [0, 0.1) is 0 Å². The number of hydrogen-bond acceptors (Lipinski definition) is 6. The maximum atomic E-state index is 13.3. The number of rotatable bonds is 9. The molecule has 0 atom stereocenters. The van der Waals surface area contributed by atoms with Gasteiger partial charge in [-0.25, -0.2) is 0 Å². The fraction of sp³-hybridized carbons (Fsp3) is 0.222. The summed E-state index contributed by atoms with van der Waals surface area (Å²) in [6.07, 6.45) is 0. The second-order valence-corrected chi connectivity index (χ2v) is 7.75. The van der Waals surface area contributed by atoms with Crippen molar-refractivity contribution in [1.29, 1.82) is 0 Å². The van der Waals surface area contributed by atoms with Crippen LogP contribution in [-0.2, 0) is 6.54 Å². The summed E-state index contributed by atoms with van der Waals surface area (Å²) >= 11 is 0. The van der Waals surface area contributed by atoms with Gasteiger partial charge in [0, 0.05) is 6.07 Å². The summed E-state index contributed by atoms with van der Waals surface area (Å²) in [5, 5.41) is 2.87. The van der Waals surface area contributed by atoms with E-state index in [1.165, 1.54) is 12.0 Å². The number of amides is 3. The molecular formula is C27H26N2O6. The van der Waals surface area contributed by atoms with Crippen molar-refractivity contribution in [3.05, 3.63) is 82.9 Å². The number of imide groups is 1. The molecule has 0 spiro atoms. The number of benzene rings is 3. The van der Waals surface area contributed by atoms with Crippen LogP contribution >= 0.6 is 0 Å². The molecule has 1 aliphatic rings. The lowest BCUT2D eigenvalue weighted by Gasteiger charge is -2.17. The van der Waals surface area contributed by atoms with E-state index < -0.39 is 5.91 Å². The maximum absolute atomic E-state index is 13.3. The van der Waals surface area contributed by atoms with Gasteiger partial charge in [0.25, 0.3) is 17.7 Å². The van der Waals surface area contributed by atoms with Crippen LogP contribution < -0.4 is 19.5 Å². The van der Waals surface area contributed by atoms with E-state index in [4.69, 9.17) is 14.2 Å². The predicted octanol–water partition coefficient (Wildman–Crippen LogP) is 4.54. The quantitative estimate of drug-likeness (QED) is 0.458. The van der Waals surface area contributed by atoms with Crippen molar-refractivity contribution in [2.75, 3.05) is 25.6 Å². The Labute approximate surface area is 203 Å². The van der Waals surface area contributed by atoms with Gasteiger partial charge in [-0.1, -0.05) is 18.2 Å². The third-order valence-electron chi connectivity index (χ3n) is 5.54. The zero-order valence-corrected chi connectivity index (χ0v) is 19.8. The summed E-state index contributed by atoms with van der Waals surface area (Å²) in [6, 6.07) is 16.9. The Balaban J connectivity index is 1.60.